The fraction of sp³-hybridized carbons (Fsp3) is 0.222. The Morgan fingerprint density at radius 3 is 2.88 bits per heavy atom. The third kappa shape index (κ3) is 2.63. The van der Waals surface area contributed by atoms with Crippen molar-refractivity contribution in [2.45, 2.75) is 0 Å². The van der Waals surface area contributed by atoms with Crippen molar-refractivity contribution in [2.24, 2.45) is 0 Å². The van der Waals surface area contributed by atoms with Gasteiger partial charge >= 0.3 is 6.03 Å². The average molecular weight is 339 g/mol. The number of furan rings is 1. The second kappa shape index (κ2) is 6.01. The normalized spacial score (nSPS) is 14.1. The first-order valence-electron chi connectivity index (χ1n) is 7.99. The second-order valence-electron chi connectivity index (χ2n) is 5.78. The Bertz CT molecular complexity index is 979. The minimum absolute atomic E-state index is 0.00445. The van der Waals surface area contributed by atoms with E-state index in [0.717, 1.165) is 16.4 Å². The number of hydrogen-bond donors (Lipinski definition) is 2. The predicted molar refractivity (Wildman–Crippen MR) is 93.9 cm³/mol. The van der Waals surface area contributed by atoms with Crippen molar-refractivity contribution < 1.29 is 18.7 Å². The molecule has 0 bridgehead atoms. The number of imide groups is 1. The van der Waals surface area contributed by atoms with E-state index < -0.39 is 0 Å². The van der Waals surface area contributed by atoms with Crippen LogP contribution in [0.2, 0.25) is 0 Å². The van der Waals surface area contributed by atoms with E-state index in [2.05, 4.69) is 10.6 Å². The molecule has 4 rings (SSSR count). The number of nitrogens with zero attached hydrogens (tertiary/aromatic N) is 1. The molecule has 0 radical (unpaired) electrons. The molecule has 0 unspecified atom stereocenters. The molecular formula is C18H17N3O4. The first kappa shape index (κ1) is 15.3. The van der Waals surface area contributed by atoms with Gasteiger partial charge in [-0.1, -0.05) is 18.2 Å². The summed E-state index contributed by atoms with van der Waals surface area (Å²) in [7, 11) is 1.57. The van der Waals surface area contributed by atoms with Crippen LogP contribution in [0.3, 0.4) is 0 Å². The summed E-state index contributed by atoms with van der Waals surface area (Å²) in [6, 6.07) is 11.1. The Morgan fingerprint density at radius 1 is 1.28 bits per heavy atom. The highest BCUT2D eigenvalue weighted by Gasteiger charge is 2.25. The van der Waals surface area contributed by atoms with Crippen LogP contribution in [0.15, 0.2) is 40.8 Å². The number of ether oxygens (including phenoxy) is 1. The minimum atomic E-state index is -0.355. The number of methoxy groups -OCH3 is 1. The third-order valence-electron chi connectivity index (χ3n) is 4.29. The molecule has 2 N–H and O–H groups in total. The van der Waals surface area contributed by atoms with Gasteiger partial charge in [0.2, 0.25) is 5.91 Å². The topological polar surface area (TPSA) is 83.8 Å². The molecule has 1 aliphatic rings. The number of carbonyl (C=O) groups excluding carboxylic acids is 2. The molecule has 0 atom stereocenters. The van der Waals surface area contributed by atoms with Crippen molar-refractivity contribution in [2.75, 3.05) is 32.1 Å². The Morgan fingerprint density at radius 2 is 2.12 bits per heavy atom. The van der Waals surface area contributed by atoms with Crippen molar-refractivity contribution in [3.05, 3.63) is 36.4 Å². The Hall–Kier alpha value is -3.22. The largest absolute Gasteiger partial charge is 0.495 e. The quantitative estimate of drug-likeness (QED) is 0.763. The van der Waals surface area contributed by atoms with Crippen LogP contribution in [-0.4, -0.2) is 43.6 Å². The number of anilines is 1. The van der Waals surface area contributed by atoms with Crippen LogP contribution >= 0.6 is 0 Å². The van der Waals surface area contributed by atoms with E-state index in [0.29, 0.717) is 30.1 Å². The summed E-state index contributed by atoms with van der Waals surface area (Å²) in [6.45, 7) is 0.868. The van der Waals surface area contributed by atoms with Crippen LogP contribution in [0, 0.1) is 0 Å². The second-order valence-corrected chi connectivity index (χ2v) is 5.78. The van der Waals surface area contributed by atoms with E-state index in [9.17, 15) is 9.59 Å². The lowest BCUT2D eigenvalue weighted by Crippen LogP contribution is -2.38. The van der Waals surface area contributed by atoms with E-state index in [1.807, 2.05) is 36.4 Å². The lowest BCUT2D eigenvalue weighted by atomic mass is 10.1. The molecule has 1 aromatic heterocycles. The molecule has 0 aliphatic carbocycles. The molecule has 2 heterocycles. The molecule has 25 heavy (non-hydrogen) atoms. The lowest BCUT2D eigenvalue weighted by Gasteiger charge is -2.15. The fourth-order valence-corrected chi connectivity index (χ4v) is 3.03. The smallest absolute Gasteiger partial charge is 0.324 e. The molecular weight excluding hydrogens is 322 g/mol. The van der Waals surface area contributed by atoms with E-state index in [1.54, 1.807) is 7.11 Å². The number of nitrogens with one attached hydrogen (secondary N) is 2. The maximum atomic E-state index is 12.2. The van der Waals surface area contributed by atoms with Crippen molar-refractivity contribution in [1.29, 1.82) is 0 Å². The predicted octanol–water partition coefficient (Wildman–Crippen LogP) is 2.56. The Balaban J connectivity index is 1.63. The number of fused-ring (bicyclic) bond motifs is 3. The zero-order chi connectivity index (χ0) is 17.4. The maximum absolute atomic E-state index is 12.2. The monoisotopic (exact) mass is 339 g/mol. The van der Waals surface area contributed by atoms with Gasteiger partial charge in [0, 0.05) is 29.9 Å². The van der Waals surface area contributed by atoms with Gasteiger partial charge < -0.3 is 19.8 Å². The van der Waals surface area contributed by atoms with Gasteiger partial charge in [-0.2, -0.15) is 0 Å². The first-order valence-corrected chi connectivity index (χ1v) is 7.99. The zero-order valence-corrected chi connectivity index (χ0v) is 13.7. The molecule has 2 aromatic carbocycles. The molecule has 7 heteroatoms. The van der Waals surface area contributed by atoms with Gasteiger partial charge in [-0.25, -0.2) is 4.79 Å². The van der Waals surface area contributed by atoms with Gasteiger partial charge in [0.05, 0.1) is 19.3 Å². The standard InChI is InChI=1S/C18H17N3O4/c1-24-16-8-12-11-4-2-3-5-14(11)25-15(12)9-13(16)20-10-17(22)21-7-6-19-18(21)23/h2-5,8-9,20H,6-7,10H2,1H3,(H,19,23). The van der Waals surface area contributed by atoms with Crippen LogP contribution < -0.4 is 15.4 Å². The fourth-order valence-electron chi connectivity index (χ4n) is 3.03. The highest BCUT2D eigenvalue weighted by atomic mass is 16.5. The van der Waals surface area contributed by atoms with Gasteiger partial charge in [-0.15, -0.1) is 0 Å². The number of benzene rings is 2. The molecule has 1 aliphatic heterocycles. The van der Waals surface area contributed by atoms with Crippen molar-refractivity contribution in [3.8, 4) is 5.75 Å². The minimum Gasteiger partial charge on any atom is -0.495 e. The number of urea groups is 1. The van der Waals surface area contributed by atoms with E-state index in [-0.39, 0.29) is 18.5 Å². The number of rotatable bonds is 4. The number of hydrogen-bond acceptors (Lipinski definition) is 5. The molecule has 3 amide bonds. The Kier molecular flexibility index (Phi) is 3.68. The van der Waals surface area contributed by atoms with Crippen LogP contribution in [0.5, 0.6) is 5.75 Å². The first-order chi connectivity index (χ1) is 12.2. The van der Waals surface area contributed by atoms with Crippen LogP contribution in [0.25, 0.3) is 21.9 Å². The van der Waals surface area contributed by atoms with Crippen molar-refractivity contribution in [3.63, 3.8) is 0 Å². The SMILES string of the molecule is COc1cc2c(cc1NCC(=O)N1CCNC1=O)oc1ccccc12. The molecule has 3 aromatic rings. The van der Waals surface area contributed by atoms with Gasteiger partial charge in [0.25, 0.3) is 0 Å². The van der Waals surface area contributed by atoms with Crippen LogP contribution in [0.1, 0.15) is 0 Å². The van der Waals surface area contributed by atoms with Gasteiger partial charge in [0.1, 0.15) is 16.9 Å². The maximum Gasteiger partial charge on any atom is 0.324 e. The molecule has 0 saturated carbocycles. The molecule has 1 fully saturated rings. The number of para-hydroxylation sites is 1. The summed E-state index contributed by atoms with van der Waals surface area (Å²) in [5.74, 6) is 0.319. The zero-order valence-electron chi connectivity index (χ0n) is 13.7. The van der Waals surface area contributed by atoms with Crippen molar-refractivity contribution >= 4 is 39.6 Å². The highest BCUT2D eigenvalue weighted by molar-refractivity contribution is 6.07. The lowest BCUT2D eigenvalue weighted by molar-refractivity contribution is -0.125. The highest BCUT2D eigenvalue weighted by Crippen LogP contribution is 2.36. The summed E-state index contributed by atoms with van der Waals surface area (Å²) >= 11 is 0. The van der Waals surface area contributed by atoms with Crippen molar-refractivity contribution in [1.82, 2.24) is 10.2 Å². The molecule has 128 valence electrons. The molecule has 1 saturated heterocycles. The Labute approximate surface area is 143 Å². The van der Waals surface area contributed by atoms with Gasteiger partial charge in [0.15, 0.2) is 0 Å². The number of carbonyl (C=O) groups is 2. The van der Waals surface area contributed by atoms with Crippen LogP contribution in [-0.2, 0) is 4.79 Å². The summed E-state index contributed by atoms with van der Waals surface area (Å²) in [4.78, 5) is 24.9. The summed E-state index contributed by atoms with van der Waals surface area (Å²) in [5.41, 5.74) is 2.14. The summed E-state index contributed by atoms with van der Waals surface area (Å²) in [6.07, 6.45) is 0. The van der Waals surface area contributed by atoms with Gasteiger partial charge in [-0.05, 0) is 12.1 Å². The molecule has 7 nitrogen and oxygen atoms in total. The van der Waals surface area contributed by atoms with E-state index >= 15 is 0 Å². The third-order valence-corrected chi connectivity index (χ3v) is 4.29. The number of amides is 3. The summed E-state index contributed by atoms with van der Waals surface area (Å²) < 4.78 is 11.3. The average Bonchev–Trinajstić information content (AvgIpc) is 3.21. The summed E-state index contributed by atoms with van der Waals surface area (Å²) in [5, 5.41) is 7.60. The molecule has 0 spiro atoms. The van der Waals surface area contributed by atoms with E-state index in [4.69, 9.17) is 9.15 Å². The van der Waals surface area contributed by atoms with Crippen LogP contribution in [0.4, 0.5) is 10.5 Å². The van der Waals surface area contributed by atoms with E-state index in [1.165, 1.54) is 4.90 Å². The van der Waals surface area contributed by atoms with Gasteiger partial charge in [-0.3, -0.25) is 9.69 Å².